The molecule has 0 bridgehead atoms. The van der Waals surface area contributed by atoms with Crippen molar-refractivity contribution in [2.45, 2.75) is 44.9 Å². The van der Waals surface area contributed by atoms with E-state index in [9.17, 15) is 14.4 Å². The quantitative estimate of drug-likeness (QED) is 0.332. The number of benzene rings is 2. The first-order valence-electron chi connectivity index (χ1n) is 10.3. The maximum atomic E-state index is 12.0. The highest BCUT2D eigenvalue weighted by Crippen LogP contribution is 2.28. The minimum atomic E-state index is -1.09. The van der Waals surface area contributed by atoms with Gasteiger partial charge in [-0.05, 0) is 18.1 Å². The van der Waals surface area contributed by atoms with Crippen LogP contribution in [-0.4, -0.2) is 43.0 Å². The number of rotatable bonds is 9. The summed E-state index contributed by atoms with van der Waals surface area (Å²) in [7, 11) is 0. The van der Waals surface area contributed by atoms with E-state index in [0.717, 1.165) is 11.1 Å². The predicted molar refractivity (Wildman–Crippen MR) is 112 cm³/mol. The summed E-state index contributed by atoms with van der Waals surface area (Å²) in [5.74, 6) is -3.53. The Hall–Kier alpha value is -3.23. The minimum Gasteiger partial charge on any atom is -0.461 e. The Bertz CT molecular complexity index is 899. The summed E-state index contributed by atoms with van der Waals surface area (Å²) in [6.45, 7) is 1.90. The van der Waals surface area contributed by atoms with Gasteiger partial charge in [-0.2, -0.15) is 0 Å². The number of carbonyl (C=O) groups is 3. The third-order valence-electron chi connectivity index (χ3n) is 4.80. The van der Waals surface area contributed by atoms with Crippen LogP contribution in [0.4, 0.5) is 0 Å². The second kappa shape index (κ2) is 11.4. The van der Waals surface area contributed by atoms with Crippen molar-refractivity contribution in [1.82, 2.24) is 0 Å². The van der Waals surface area contributed by atoms with E-state index in [0.29, 0.717) is 0 Å². The summed E-state index contributed by atoms with van der Waals surface area (Å²) in [5, 5.41) is 0. The second-order valence-electron chi connectivity index (χ2n) is 7.49. The molecule has 2 aromatic rings. The molecule has 0 N–H and O–H groups in total. The first kappa shape index (κ1) is 23.4. The molecule has 170 valence electrons. The Balaban J connectivity index is 1.32. The fraction of sp³-hybridized carbons (Fsp3) is 0.375. The van der Waals surface area contributed by atoms with Gasteiger partial charge in [0.15, 0.2) is 5.79 Å². The van der Waals surface area contributed by atoms with Crippen LogP contribution in [0, 0.1) is 0 Å². The van der Waals surface area contributed by atoms with Crippen LogP contribution >= 0.6 is 0 Å². The van der Waals surface area contributed by atoms with Crippen LogP contribution in [0.5, 0.6) is 0 Å². The highest BCUT2D eigenvalue weighted by molar-refractivity contribution is 6.29. The van der Waals surface area contributed by atoms with E-state index >= 15 is 0 Å². The normalized spacial score (nSPS) is 19.8. The first-order chi connectivity index (χ1) is 15.4. The van der Waals surface area contributed by atoms with Gasteiger partial charge in [-0.3, -0.25) is 4.79 Å². The molecular formula is C24H26O8. The van der Waals surface area contributed by atoms with E-state index in [1.807, 2.05) is 36.4 Å². The number of hydrogen-bond donors (Lipinski definition) is 0. The first-order valence-corrected chi connectivity index (χ1v) is 10.3. The monoisotopic (exact) mass is 442 g/mol. The van der Waals surface area contributed by atoms with Gasteiger partial charge in [0.05, 0.1) is 13.0 Å². The standard InChI is InChI=1S/C24H26O8/c1-24(13-12-21(25)28-14-18-8-4-2-5-9-18)31-17-20(32-24)16-30-23(27)22(26)29-15-19-10-6-3-7-11-19/h2-11,20H,12-17H2,1H3. The van der Waals surface area contributed by atoms with Crippen molar-refractivity contribution in [2.24, 2.45) is 0 Å². The molecule has 1 fully saturated rings. The Morgan fingerprint density at radius 1 is 0.875 bits per heavy atom. The lowest BCUT2D eigenvalue weighted by Crippen LogP contribution is -2.30. The number of hydrogen-bond acceptors (Lipinski definition) is 8. The Kier molecular flexibility index (Phi) is 8.35. The molecule has 0 aromatic heterocycles. The van der Waals surface area contributed by atoms with Gasteiger partial charge < -0.3 is 23.7 Å². The van der Waals surface area contributed by atoms with Crippen LogP contribution in [0.1, 0.15) is 30.9 Å². The molecule has 1 aliphatic rings. The summed E-state index contributed by atoms with van der Waals surface area (Å²) in [6, 6.07) is 18.4. The van der Waals surface area contributed by atoms with Crippen LogP contribution in [-0.2, 0) is 51.3 Å². The third-order valence-corrected chi connectivity index (χ3v) is 4.80. The van der Waals surface area contributed by atoms with Crippen molar-refractivity contribution in [3.8, 4) is 0 Å². The molecule has 0 spiro atoms. The van der Waals surface area contributed by atoms with Gasteiger partial charge >= 0.3 is 17.9 Å². The van der Waals surface area contributed by atoms with Gasteiger partial charge in [-0.15, -0.1) is 0 Å². The molecule has 0 radical (unpaired) electrons. The molecule has 8 nitrogen and oxygen atoms in total. The molecule has 2 unspecified atom stereocenters. The Morgan fingerprint density at radius 2 is 1.44 bits per heavy atom. The average Bonchev–Trinajstić information content (AvgIpc) is 3.21. The molecule has 8 heteroatoms. The van der Waals surface area contributed by atoms with Crippen LogP contribution < -0.4 is 0 Å². The van der Waals surface area contributed by atoms with E-state index in [1.54, 1.807) is 31.2 Å². The molecule has 1 aliphatic heterocycles. The molecule has 1 heterocycles. The van der Waals surface area contributed by atoms with Crippen molar-refractivity contribution < 1.29 is 38.1 Å². The summed E-state index contributed by atoms with van der Waals surface area (Å²) >= 11 is 0. The van der Waals surface area contributed by atoms with E-state index in [4.69, 9.17) is 23.7 Å². The minimum absolute atomic E-state index is 0.0176. The number of carbonyl (C=O) groups excluding carboxylic acids is 3. The molecular weight excluding hydrogens is 416 g/mol. The van der Waals surface area contributed by atoms with E-state index < -0.39 is 23.8 Å². The molecule has 1 saturated heterocycles. The van der Waals surface area contributed by atoms with Gasteiger partial charge in [0.25, 0.3) is 0 Å². The van der Waals surface area contributed by atoms with Crippen molar-refractivity contribution in [2.75, 3.05) is 13.2 Å². The molecule has 2 atom stereocenters. The van der Waals surface area contributed by atoms with Gasteiger partial charge in [0.2, 0.25) is 0 Å². The van der Waals surface area contributed by atoms with Crippen molar-refractivity contribution in [3.63, 3.8) is 0 Å². The zero-order chi connectivity index (χ0) is 22.8. The molecule has 0 aliphatic carbocycles. The average molecular weight is 442 g/mol. The van der Waals surface area contributed by atoms with E-state index in [2.05, 4.69) is 0 Å². The highest BCUT2D eigenvalue weighted by Gasteiger charge is 2.38. The fourth-order valence-electron chi connectivity index (χ4n) is 3.05. The van der Waals surface area contributed by atoms with Gasteiger partial charge in [0, 0.05) is 6.42 Å². The lowest BCUT2D eigenvalue weighted by atomic mass is 10.1. The maximum absolute atomic E-state index is 12.0. The van der Waals surface area contributed by atoms with Crippen LogP contribution in [0.25, 0.3) is 0 Å². The SMILES string of the molecule is CC1(CCC(=O)OCc2ccccc2)OCC(COC(=O)C(=O)OCc2ccccc2)O1. The summed E-state index contributed by atoms with van der Waals surface area (Å²) in [5.41, 5.74) is 1.67. The highest BCUT2D eigenvalue weighted by atomic mass is 16.8. The van der Waals surface area contributed by atoms with Gasteiger partial charge in [0.1, 0.15) is 25.9 Å². The Labute approximate surface area is 186 Å². The van der Waals surface area contributed by atoms with Gasteiger partial charge in [-0.25, -0.2) is 9.59 Å². The second-order valence-corrected chi connectivity index (χ2v) is 7.49. The molecule has 3 rings (SSSR count). The summed E-state index contributed by atoms with van der Waals surface area (Å²) in [6.07, 6.45) is -0.155. The Morgan fingerprint density at radius 3 is 2.06 bits per heavy atom. The predicted octanol–water partition coefficient (Wildman–Crippen LogP) is 2.93. The largest absolute Gasteiger partial charge is 0.461 e. The molecule has 0 saturated carbocycles. The van der Waals surface area contributed by atoms with E-state index in [-0.39, 0.29) is 45.2 Å². The smallest absolute Gasteiger partial charge is 0.417 e. The van der Waals surface area contributed by atoms with Crippen molar-refractivity contribution in [1.29, 1.82) is 0 Å². The molecule has 2 aromatic carbocycles. The lowest BCUT2D eigenvalue weighted by Gasteiger charge is -2.22. The molecule has 0 amide bonds. The fourth-order valence-corrected chi connectivity index (χ4v) is 3.05. The summed E-state index contributed by atoms with van der Waals surface area (Å²) in [4.78, 5) is 35.6. The number of esters is 3. The molecule has 32 heavy (non-hydrogen) atoms. The van der Waals surface area contributed by atoms with Crippen LogP contribution in [0.15, 0.2) is 60.7 Å². The lowest BCUT2D eigenvalue weighted by molar-refractivity contribution is -0.179. The maximum Gasteiger partial charge on any atom is 0.417 e. The topological polar surface area (TPSA) is 97.4 Å². The van der Waals surface area contributed by atoms with Gasteiger partial charge in [-0.1, -0.05) is 60.7 Å². The summed E-state index contributed by atoms with van der Waals surface area (Å²) < 4.78 is 26.5. The zero-order valence-electron chi connectivity index (χ0n) is 17.9. The third kappa shape index (κ3) is 7.47. The van der Waals surface area contributed by atoms with E-state index in [1.165, 1.54) is 0 Å². The van der Waals surface area contributed by atoms with Crippen LogP contribution in [0.3, 0.4) is 0 Å². The number of ether oxygens (including phenoxy) is 5. The van der Waals surface area contributed by atoms with Crippen LogP contribution in [0.2, 0.25) is 0 Å². The van der Waals surface area contributed by atoms with Crippen molar-refractivity contribution in [3.05, 3.63) is 71.8 Å². The zero-order valence-corrected chi connectivity index (χ0v) is 17.9. The van der Waals surface area contributed by atoms with Crippen molar-refractivity contribution >= 4 is 17.9 Å².